The summed E-state index contributed by atoms with van der Waals surface area (Å²) in [6, 6.07) is 2.11. The summed E-state index contributed by atoms with van der Waals surface area (Å²) >= 11 is 1.66. The van der Waals surface area contributed by atoms with Crippen LogP contribution in [0.3, 0.4) is 0 Å². The Bertz CT molecular complexity index is 751. The van der Waals surface area contributed by atoms with E-state index < -0.39 is 0 Å². The highest BCUT2D eigenvalue weighted by Crippen LogP contribution is 2.15. The first kappa shape index (κ1) is 12.0. The monoisotopic (exact) mass is 272 g/mol. The Morgan fingerprint density at radius 2 is 2.16 bits per heavy atom. The van der Waals surface area contributed by atoms with Crippen LogP contribution in [0.2, 0.25) is 0 Å². The van der Waals surface area contributed by atoms with E-state index in [-0.39, 0.29) is 11.6 Å². The molecule has 3 aromatic heterocycles. The molecule has 3 heterocycles. The highest BCUT2D eigenvalue weighted by Gasteiger charge is 2.12. The first-order valence-electron chi connectivity index (χ1n) is 5.94. The maximum Gasteiger partial charge on any atom is 0.281 e. The number of aromatic nitrogens is 4. The van der Waals surface area contributed by atoms with Crippen molar-refractivity contribution in [1.29, 1.82) is 0 Å². The van der Waals surface area contributed by atoms with Gasteiger partial charge in [0.05, 0.1) is 0 Å². The minimum Gasteiger partial charge on any atom is -0.294 e. The number of nitrogens with zero attached hydrogens (tertiary/aromatic N) is 4. The lowest BCUT2D eigenvalue weighted by atomic mass is 10.1. The minimum atomic E-state index is -0.138. The lowest BCUT2D eigenvalue weighted by Crippen LogP contribution is -2.25. The van der Waals surface area contributed by atoms with E-state index in [9.17, 15) is 4.79 Å². The van der Waals surface area contributed by atoms with Gasteiger partial charge in [-0.15, -0.1) is 0 Å². The Kier molecular flexibility index (Phi) is 3.08. The fourth-order valence-electron chi connectivity index (χ4n) is 2.03. The topological polar surface area (TPSA) is 60.7 Å². The standard InChI is InChI=1S/C13H12N4OS/c1-9(6-10-2-5-19-7-10)17-8-16-12-11(13(17)18)14-3-4-15-12/h2-5,7-9H,6H2,1H3/t9-/m0/s1. The quantitative estimate of drug-likeness (QED) is 0.732. The molecule has 0 aliphatic rings. The minimum absolute atomic E-state index is 0.0426. The molecule has 6 heteroatoms. The fraction of sp³-hybridized carbons (Fsp3) is 0.231. The third-order valence-corrected chi connectivity index (χ3v) is 3.74. The van der Waals surface area contributed by atoms with Gasteiger partial charge in [-0.1, -0.05) is 0 Å². The van der Waals surface area contributed by atoms with Gasteiger partial charge < -0.3 is 0 Å². The van der Waals surface area contributed by atoms with Crippen LogP contribution in [0.25, 0.3) is 11.2 Å². The molecule has 0 bridgehead atoms. The van der Waals surface area contributed by atoms with E-state index in [1.807, 2.05) is 12.3 Å². The molecule has 96 valence electrons. The molecular weight excluding hydrogens is 260 g/mol. The van der Waals surface area contributed by atoms with Crippen LogP contribution in [0, 0.1) is 0 Å². The van der Waals surface area contributed by atoms with E-state index in [1.54, 1.807) is 22.2 Å². The Morgan fingerprint density at radius 1 is 1.32 bits per heavy atom. The van der Waals surface area contributed by atoms with Gasteiger partial charge in [-0.3, -0.25) is 9.36 Å². The summed E-state index contributed by atoms with van der Waals surface area (Å²) in [6.45, 7) is 2.00. The lowest BCUT2D eigenvalue weighted by molar-refractivity contribution is 0.523. The van der Waals surface area contributed by atoms with Crippen LogP contribution in [0.4, 0.5) is 0 Å². The van der Waals surface area contributed by atoms with E-state index in [0.717, 1.165) is 6.42 Å². The predicted molar refractivity (Wildman–Crippen MR) is 74.3 cm³/mol. The van der Waals surface area contributed by atoms with Gasteiger partial charge in [0.1, 0.15) is 6.33 Å². The number of thiophene rings is 1. The summed E-state index contributed by atoms with van der Waals surface area (Å²) in [5.41, 5.74) is 1.80. The second-order valence-electron chi connectivity index (χ2n) is 4.37. The zero-order valence-corrected chi connectivity index (χ0v) is 11.2. The smallest absolute Gasteiger partial charge is 0.281 e. The zero-order chi connectivity index (χ0) is 13.2. The van der Waals surface area contributed by atoms with Gasteiger partial charge in [0.2, 0.25) is 0 Å². The van der Waals surface area contributed by atoms with Crippen molar-refractivity contribution in [2.45, 2.75) is 19.4 Å². The van der Waals surface area contributed by atoms with Gasteiger partial charge >= 0.3 is 0 Å². The van der Waals surface area contributed by atoms with Crippen molar-refractivity contribution in [3.05, 3.63) is 51.5 Å². The van der Waals surface area contributed by atoms with Crippen molar-refractivity contribution in [2.75, 3.05) is 0 Å². The molecule has 0 unspecified atom stereocenters. The van der Waals surface area contributed by atoms with E-state index >= 15 is 0 Å². The molecule has 0 fully saturated rings. The Balaban J connectivity index is 2.01. The van der Waals surface area contributed by atoms with Crippen LogP contribution in [0.1, 0.15) is 18.5 Å². The third kappa shape index (κ3) is 2.26. The molecule has 0 N–H and O–H groups in total. The fourth-order valence-corrected chi connectivity index (χ4v) is 2.71. The van der Waals surface area contributed by atoms with E-state index in [0.29, 0.717) is 11.2 Å². The highest BCUT2D eigenvalue weighted by atomic mass is 32.1. The predicted octanol–water partition coefficient (Wildman–Crippen LogP) is 2.05. The SMILES string of the molecule is C[C@@H](Cc1ccsc1)n1cnc2nccnc2c1=O. The number of rotatable bonds is 3. The van der Waals surface area contributed by atoms with Crippen LogP contribution >= 0.6 is 11.3 Å². The van der Waals surface area contributed by atoms with E-state index in [1.165, 1.54) is 18.0 Å². The average molecular weight is 272 g/mol. The highest BCUT2D eigenvalue weighted by molar-refractivity contribution is 7.07. The van der Waals surface area contributed by atoms with Crippen LogP contribution in [0.15, 0.2) is 40.3 Å². The van der Waals surface area contributed by atoms with Crippen molar-refractivity contribution in [1.82, 2.24) is 19.5 Å². The molecular formula is C13H12N4OS. The molecule has 0 amide bonds. The summed E-state index contributed by atoms with van der Waals surface area (Å²) in [7, 11) is 0. The third-order valence-electron chi connectivity index (χ3n) is 3.01. The van der Waals surface area contributed by atoms with Gasteiger partial charge in [0.15, 0.2) is 11.2 Å². The molecule has 1 atom stereocenters. The largest absolute Gasteiger partial charge is 0.294 e. The second kappa shape index (κ2) is 4.89. The number of hydrogen-bond donors (Lipinski definition) is 0. The summed E-state index contributed by atoms with van der Waals surface area (Å²) in [5.74, 6) is 0. The summed E-state index contributed by atoms with van der Waals surface area (Å²) in [4.78, 5) is 24.6. The van der Waals surface area contributed by atoms with Crippen LogP contribution in [-0.2, 0) is 6.42 Å². The number of hydrogen-bond acceptors (Lipinski definition) is 5. The molecule has 0 radical (unpaired) electrons. The van der Waals surface area contributed by atoms with E-state index in [2.05, 4.69) is 26.4 Å². The maximum absolute atomic E-state index is 12.3. The molecule has 5 nitrogen and oxygen atoms in total. The molecule has 19 heavy (non-hydrogen) atoms. The van der Waals surface area contributed by atoms with Crippen LogP contribution in [0.5, 0.6) is 0 Å². The second-order valence-corrected chi connectivity index (χ2v) is 5.15. The molecule has 0 spiro atoms. The molecule has 0 saturated heterocycles. The van der Waals surface area contributed by atoms with Crippen LogP contribution < -0.4 is 5.56 Å². The summed E-state index contributed by atoms with van der Waals surface area (Å²) < 4.78 is 1.62. The molecule has 0 aliphatic heterocycles. The summed E-state index contributed by atoms with van der Waals surface area (Å²) in [5, 5.41) is 4.13. The molecule has 3 aromatic rings. The first-order chi connectivity index (χ1) is 9.25. The van der Waals surface area contributed by atoms with Gasteiger partial charge in [0, 0.05) is 18.4 Å². The molecule has 0 aliphatic carbocycles. The van der Waals surface area contributed by atoms with Gasteiger partial charge in [-0.25, -0.2) is 15.0 Å². The molecule has 3 rings (SSSR count). The van der Waals surface area contributed by atoms with Gasteiger partial charge in [-0.2, -0.15) is 11.3 Å². The maximum atomic E-state index is 12.3. The van der Waals surface area contributed by atoms with Gasteiger partial charge in [-0.05, 0) is 35.7 Å². The van der Waals surface area contributed by atoms with Crippen molar-refractivity contribution < 1.29 is 0 Å². The Hall–Kier alpha value is -2.08. The average Bonchev–Trinajstić information content (AvgIpc) is 2.92. The molecule has 0 aromatic carbocycles. The van der Waals surface area contributed by atoms with E-state index in [4.69, 9.17) is 0 Å². The zero-order valence-electron chi connectivity index (χ0n) is 10.4. The Morgan fingerprint density at radius 3 is 2.95 bits per heavy atom. The molecule has 0 saturated carbocycles. The summed E-state index contributed by atoms with van der Waals surface area (Å²) in [6.07, 6.45) is 5.40. The number of fused-ring (bicyclic) bond motifs is 1. The van der Waals surface area contributed by atoms with Crippen molar-refractivity contribution >= 4 is 22.5 Å². The van der Waals surface area contributed by atoms with Gasteiger partial charge in [0.25, 0.3) is 5.56 Å². The first-order valence-corrected chi connectivity index (χ1v) is 6.89. The van der Waals surface area contributed by atoms with Crippen molar-refractivity contribution in [3.8, 4) is 0 Å². The lowest BCUT2D eigenvalue weighted by Gasteiger charge is -2.13. The normalized spacial score (nSPS) is 12.7. The van der Waals surface area contributed by atoms with Crippen molar-refractivity contribution in [2.24, 2.45) is 0 Å². The van der Waals surface area contributed by atoms with Crippen molar-refractivity contribution in [3.63, 3.8) is 0 Å². The Labute approximate surface area is 113 Å². The van der Waals surface area contributed by atoms with Crippen LogP contribution in [-0.4, -0.2) is 19.5 Å².